The van der Waals surface area contributed by atoms with Gasteiger partial charge in [-0.3, -0.25) is 0 Å². The van der Waals surface area contributed by atoms with Gasteiger partial charge in [-0.05, 0) is 40.8 Å². The van der Waals surface area contributed by atoms with Gasteiger partial charge in [0.05, 0.1) is 23.2 Å². The molecule has 22 heavy (non-hydrogen) atoms. The van der Waals surface area contributed by atoms with Gasteiger partial charge in [0, 0.05) is 18.3 Å². The van der Waals surface area contributed by atoms with Gasteiger partial charge in [0.1, 0.15) is 0 Å². The van der Waals surface area contributed by atoms with Crippen LogP contribution in [-0.4, -0.2) is 48.3 Å². The Morgan fingerprint density at radius 3 is 3.00 bits per heavy atom. The quantitative estimate of drug-likeness (QED) is 0.520. The molecular weight excluding hydrogens is 282 g/mol. The van der Waals surface area contributed by atoms with Crippen molar-refractivity contribution in [2.45, 2.75) is 0 Å². The molecule has 8 heteroatoms. The maximum Gasteiger partial charge on any atom is 0.179 e. The average Bonchev–Trinajstić information content (AvgIpc) is 3.23. The molecule has 4 rings (SSSR count). The van der Waals surface area contributed by atoms with Gasteiger partial charge in [0.2, 0.25) is 0 Å². The molecule has 0 aliphatic rings. The molecule has 0 radical (unpaired) electrons. The van der Waals surface area contributed by atoms with Crippen molar-refractivity contribution in [3.8, 4) is 11.4 Å². The van der Waals surface area contributed by atoms with Crippen molar-refractivity contribution in [3.05, 3.63) is 36.5 Å². The molecule has 3 N–H and O–H groups in total. The van der Waals surface area contributed by atoms with Gasteiger partial charge < -0.3 is 14.8 Å². The number of anilines is 1. The monoisotopic (exact) mass is 295 g/mol. The lowest BCUT2D eigenvalue weighted by atomic mass is 10.2. The summed E-state index contributed by atoms with van der Waals surface area (Å²) in [5.74, 6) is 1.33. The number of hydrogen-bond acceptors (Lipinski definition) is 6. The Bertz CT molecular complexity index is 929. The number of nitrogens with one attached hydrogen (secondary N) is 2. The Labute approximate surface area is 124 Å². The van der Waals surface area contributed by atoms with Crippen molar-refractivity contribution >= 4 is 22.4 Å². The molecule has 1 aromatic carbocycles. The van der Waals surface area contributed by atoms with Crippen LogP contribution < -0.4 is 5.32 Å². The van der Waals surface area contributed by atoms with E-state index in [0.29, 0.717) is 12.4 Å². The molecule has 0 aliphatic carbocycles. The number of aromatic nitrogens is 6. The molecule has 0 unspecified atom stereocenters. The van der Waals surface area contributed by atoms with E-state index in [0.717, 1.165) is 27.9 Å². The zero-order chi connectivity index (χ0) is 14.9. The van der Waals surface area contributed by atoms with Crippen LogP contribution in [0.5, 0.6) is 0 Å². The van der Waals surface area contributed by atoms with Crippen LogP contribution in [0.4, 0.5) is 5.82 Å². The largest absolute Gasteiger partial charge is 0.395 e. The molecule has 8 nitrogen and oxygen atoms in total. The predicted molar refractivity (Wildman–Crippen MR) is 81.4 cm³/mol. The fourth-order valence-corrected chi connectivity index (χ4v) is 2.51. The predicted octanol–water partition coefficient (Wildman–Crippen LogP) is 1.07. The summed E-state index contributed by atoms with van der Waals surface area (Å²) in [7, 11) is 0. The van der Waals surface area contributed by atoms with E-state index in [4.69, 9.17) is 5.11 Å². The molecule has 0 amide bonds. The van der Waals surface area contributed by atoms with Crippen molar-refractivity contribution in [2.24, 2.45) is 0 Å². The van der Waals surface area contributed by atoms with Crippen LogP contribution >= 0.6 is 0 Å². The Morgan fingerprint density at radius 2 is 2.18 bits per heavy atom. The molecule has 110 valence electrons. The molecule has 0 aliphatic heterocycles. The fourth-order valence-electron chi connectivity index (χ4n) is 2.51. The number of fused-ring (bicyclic) bond motifs is 3. The van der Waals surface area contributed by atoms with E-state index in [-0.39, 0.29) is 6.61 Å². The zero-order valence-electron chi connectivity index (χ0n) is 11.6. The summed E-state index contributed by atoms with van der Waals surface area (Å²) in [6.45, 7) is 0.501. The number of tetrazole rings is 1. The van der Waals surface area contributed by atoms with E-state index in [2.05, 4.69) is 35.3 Å². The van der Waals surface area contributed by atoms with Crippen LogP contribution in [0.1, 0.15) is 0 Å². The van der Waals surface area contributed by atoms with Crippen LogP contribution in [-0.2, 0) is 0 Å². The second-order valence-corrected chi connectivity index (χ2v) is 4.83. The minimum Gasteiger partial charge on any atom is -0.395 e. The summed E-state index contributed by atoms with van der Waals surface area (Å²) in [5, 5.41) is 26.0. The molecule has 4 aromatic rings. The molecule has 0 fully saturated rings. The number of benzene rings is 1. The summed E-state index contributed by atoms with van der Waals surface area (Å²) in [5.41, 5.74) is 3.64. The third kappa shape index (κ3) is 1.97. The van der Waals surface area contributed by atoms with Crippen molar-refractivity contribution < 1.29 is 5.11 Å². The van der Waals surface area contributed by atoms with Gasteiger partial charge in [-0.1, -0.05) is 0 Å². The van der Waals surface area contributed by atoms with Gasteiger partial charge in [-0.15, -0.1) is 5.10 Å². The SMILES string of the molecule is OCCNc1nc2cc(-c3nnn[nH]3)ccc2n2cccc12. The van der Waals surface area contributed by atoms with Gasteiger partial charge in [0.15, 0.2) is 11.6 Å². The summed E-state index contributed by atoms with van der Waals surface area (Å²) < 4.78 is 2.06. The average molecular weight is 295 g/mol. The molecule has 0 atom stereocenters. The summed E-state index contributed by atoms with van der Waals surface area (Å²) in [6.07, 6.45) is 1.99. The van der Waals surface area contributed by atoms with Crippen LogP contribution in [0.15, 0.2) is 36.5 Å². The van der Waals surface area contributed by atoms with Crippen molar-refractivity contribution in [2.75, 3.05) is 18.5 Å². The molecule has 0 bridgehead atoms. The number of nitrogens with zero attached hydrogens (tertiary/aromatic N) is 5. The first-order valence-corrected chi connectivity index (χ1v) is 6.86. The highest BCUT2D eigenvalue weighted by atomic mass is 16.3. The first-order chi connectivity index (χ1) is 10.9. The smallest absolute Gasteiger partial charge is 0.179 e. The number of H-pyrrole nitrogens is 1. The normalized spacial score (nSPS) is 11.3. The van der Waals surface area contributed by atoms with Crippen LogP contribution in [0.25, 0.3) is 27.9 Å². The molecule has 0 spiro atoms. The number of rotatable bonds is 4. The third-order valence-electron chi connectivity index (χ3n) is 3.48. The standard InChI is InChI=1S/C14H13N7O/c22-7-5-15-14-12-2-1-6-21(12)11-4-3-9(8-10(11)16-14)13-17-19-20-18-13/h1-4,6,8,22H,5,7H2,(H,15,16)(H,17,18,19,20). The topological polar surface area (TPSA) is 104 Å². The first kappa shape index (κ1) is 12.7. The lowest BCUT2D eigenvalue weighted by Gasteiger charge is -2.10. The van der Waals surface area contributed by atoms with Crippen molar-refractivity contribution in [3.63, 3.8) is 0 Å². The van der Waals surface area contributed by atoms with E-state index >= 15 is 0 Å². The Kier molecular flexibility index (Phi) is 2.94. The molecular formula is C14H13N7O. The summed E-state index contributed by atoms with van der Waals surface area (Å²) in [6, 6.07) is 9.83. The van der Waals surface area contributed by atoms with E-state index in [1.54, 1.807) is 0 Å². The summed E-state index contributed by atoms with van der Waals surface area (Å²) >= 11 is 0. The highest BCUT2D eigenvalue weighted by Crippen LogP contribution is 2.25. The first-order valence-electron chi connectivity index (χ1n) is 6.86. The molecule has 3 heterocycles. The van der Waals surface area contributed by atoms with Crippen molar-refractivity contribution in [1.29, 1.82) is 0 Å². The van der Waals surface area contributed by atoms with E-state index in [1.807, 2.05) is 36.5 Å². The highest BCUT2D eigenvalue weighted by molar-refractivity contribution is 5.87. The third-order valence-corrected chi connectivity index (χ3v) is 3.48. The zero-order valence-corrected chi connectivity index (χ0v) is 11.6. The highest BCUT2D eigenvalue weighted by Gasteiger charge is 2.10. The van der Waals surface area contributed by atoms with Crippen LogP contribution in [0.2, 0.25) is 0 Å². The number of hydrogen-bond donors (Lipinski definition) is 3. The lowest BCUT2D eigenvalue weighted by Crippen LogP contribution is -2.08. The second-order valence-electron chi connectivity index (χ2n) is 4.83. The second kappa shape index (κ2) is 5.08. The minimum absolute atomic E-state index is 0.0519. The minimum atomic E-state index is 0.0519. The van der Waals surface area contributed by atoms with E-state index < -0.39 is 0 Å². The van der Waals surface area contributed by atoms with Crippen LogP contribution in [0.3, 0.4) is 0 Å². The fraction of sp³-hybridized carbons (Fsp3) is 0.143. The molecule has 0 saturated carbocycles. The lowest BCUT2D eigenvalue weighted by molar-refractivity contribution is 0.311. The number of aliphatic hydroxyl groups is 1. The van der Waals surface area contributed by atoms with E-state index in [1.165, 1.54) is 0 Å². The Hall–Kier alpha value is -3.00. The van der Waals surface area contributed by atoms with Crippen molar-refractivity contribution in [1.82, 2.24) is 30.0 Å². The number of aliphatic hydroxyl groups excluding tert-OH is 1. The Balaban J connectivity index is 1.93. The van der Waals surface area contributed by atoms with E-state index in [9.17, 15) is 0 Å². The van der Waals surface area contributed by atoms with Gasteiger partial charge in [-0.2, -0.15) is 0 Å². The Morgan fingerprint density at radius 1 is 1.23 bits per heavy atom. The molecule has 0 saturated heterocycles. The maximum absolute atomic E-state index is 9.01. The van der Waals surface area contributed by atoms with Gasteiger partial charge in [0.25, 0.3) is 0 Å². The van der Waals surface area contributed by atoms with Gasteiger partial charge >= 0.3 is 0 Å². The summed E-state index contributed by atoms with van der Waals surface area (Å²) in [4.78, 5) is 4.66. The van der Waals surface area contributed by atoms with Gasteiger partial charge in [-0.25, -0.2) is 10.1 Å². The van der Waals surface area contributed by atoms with Crippen LogP contribution in [0, 0.1) is 0 Å². The molecule has 3 aromatic heterocycles. The number of aromatic amines is 1. The maximum atomic E-state index is 9.01.